The zero-order valence-electron chi connectivity index (χ0n) is 11.1. The minimum atomic E-state index is -0.328. The van der Waals surface area contributed by atoms with Gasteiger partial charge in [0.15, 0.2) is 11.6 Å². The lowest BCUT2D eigenvalue weighted by molar-refractivity contribution is 0.228. The lowest BCUT2D eigenvalue weighted by atomic mass is 10.1. The molecular formula is C14H22FNO2. The van der Waals surface area contributed by atoms with E-state index in [0.717, 1.165) is 24.9 Å². The number of methoxy groups -OCH3 is 1. The quantitative estimate of drug-likeness (QED) is 0.701. The van der Waals surface area contributed by atoms with E-state index in [0.29, 0.717) is 12.5 Å². The Kier molecular flexibility index (Phi) is 6.68. The van der Waals surface area contributed by atoms with Gasteiger partial charge in [0.1, 0.15) is 0 Å². The first kappa shape index (κ1) is 14.9. The fourth-order valence-electron chi connectivity index (χ4n) is 1.72. The first-order chi connectivity index (χ1) is 8.67. The molecule has 102 valence electrons. The number of nitrogens with one attached hydrogen (secondary N) is 1. The van der Waals surface area contributed by atoms with Crippen LogP contribution in [0.15, 0.2) is 18.2 Å². The van der Waals surface area contributed by atoms with Gasteiger partial charge in [0.25, 0.3) is 0 Å². The molecule has 3 nitrogen and oxygen atoms in total. The molecule has 0 fully saturated rings. The number of ether oxygens (including phenoxy) is 1. The molecule has 18 heavy (non-hydrogen) atoms. The number of aliphatic hydroxyl groups excluding tert-OH is 1. The average molecular weight is 255 g/mol. The van der Waals surface area contributed by atoms with Crippen molar-refractivity contribution < 1.29 is 14.2 Å². The lowest BCUT2D eigenvalue weighted by Crippen LogP contribution is -2.16. The second kappa shape index (κ2) is 8.06. The number of benzene rings is 1. The number of rotatable bonds is 8. The van der Waals surface area contributed by atoms with Crippen molar-refractivity contribution in [2.24, 2.45) is 5.92 Å². The van der Waals surface area contributed by atoms with Gasteiger partial charge in [-0.2, -0.15) is 0 Å². The second-order valence-corrected chi connectivity index (χ2v) is 4.58. The van der Waals surface area contributed by atoms with E-state index < -0.39 is 0 Å². The average Bonchev–Trinajstić information content (AvgIpc) is 2.38. The summed E-state index contributed by atoms with van der Waals surface area (Å²) >= 11 is 0. The summed E-state index contributed by atoms with van der Waals surface area (Å²) in [6.45, 7) is 3.79. The summed E-state index contributed by atoms with van der Waals surface area (Å²) in [4.78, 5) is 0. The Bertz CT molecular complexity index is 358. The molecule has 4 heteroatoms. The van der Waals surface area contributed by atoms with Crippen LogP contribution in [0.4, 0.5) is 4.39 Å². The van der Waals surface area contributed by atoms with Crippen molar-refractivity contribution in [3.8, 4) is 5.75 Å². The summed E-state index contributed by atoms with van der Waals surface area (Å²) in [6, 6.07) is 4.98. The smallest absolute Gasteiger partial charge is 0.165 e. The lowest BCUT2D eigenvalue weighted by Gasteiger charge is -2.09. The third-order valence-electron chi connectivity index (χ3n) is 2.91. The summed E-state index contributed by atoms with van der Waals surface area (Å²) in [5.41, 5.74) is 0.906. The number of aliphatic hydroxyl groups is 1. The van der Waals surface area contributed by atoms with E-state index in [2.05, 4.69) is 5.32 Å². The van der Waals surface area contributed by atoms with E-state index >= 15 is 0 Å². The van der Waals surface area contributed by atoms with E-state index in [1.165, 1.54) is 13.2 Å². The highest BCUT2D eigenvalue weighted by Gasteiger charge is 2.03. The molecule has 0 aliphatic rings. The molecule has 0 heterocycles. The molecule has 0 aromatic heterocycles. The third kappa shape index (κ3) is 5.02. The standard InChI is InChI=1S/C14H22FNO2/c1-11(10-17)4-3-7-16-9-12-5-6-14(18-2)13(15)8-12/h5-6,8,11,16-17H,3-4,7,9-10H2,1-2H3. The summed E-state index contributed by atoms with van der Waals surface area (Å²) in [6.07, 6.45) is 2.01. The highest BCUT2D eigenvalue weighted by atomic mass is 19.1. The minimum absolute atomic E-state index is 0.240. The molecule has 0 aliphatic carbocycles. The molecule has 0 saturated carbocycles. The van der Waals surface area contributed by atoms with E-state index in [1.807, 2.05) is 13.0 Å². The van der Waals surface area contributed by atoms with Gasteiger partial charge in [-0.05, 0) is 43.0 Å². The summed E-state index contributed by atoms with van der Waals surface area (Å²) in [7, 11) is 1.46. The van der Waals surface area contributed by atoms with E-state index in [1.54, 1.807) is 6.07 Å². The van der Waals surface area contributed by atoms with Crippen molar-refractivity contribution in [2.75, 3.05) is 20.3 Å². The molecule has 1 aromatic carbocycles. The molecule has 2 N–H and O–H groups in total. The van der Waals surface area contributed by atoms with Gasteiger partial charge >= 0.3 is 0 Å². The number of hydrogen-bond acceptors (Lipinski definition) is 3. The van der Waals surface area contributed by atoms with E-state index in [9.17, 15) is 4.39 Å². The van der Waals surface area contributed by atoms with Gasteiger partial charge in [0, 0.05) is 13.2 Å². The maximum absolute atomic E-state index is 13.4. The predicted molar refractivity (Wildman–Crippen MR) is 70.1 cm³/mol. The van der Waals surface area contributed by atoms with Crippen molar-refractivity contribution in [1.82, 2.24) is 5.32 Å². The van der Waals surface area contributed by atoms with Gasteiger partial charge in [-0.15, -0.1) is 0 Å². The van der Waals surface area contributed by atoms with Gasteiger partial charge < -0.3 is 15.2 Å². The zero-order valence-corrected chi connectivity index (χ0v) is 11.1. The van der Waals surface area contributed by atoms with Gasteiger partial charge in [0.05, 0.1) is 7.11 Å². The SMILES string of the molecule is COc1ccc(CNCCCC(C)CO)cc1F. The number of hydrogen-bond donors (Lipinski definition) is 2. The van der Waals surface area contributed by atoms with Crippen molar-refractivity contribution in [2.45, 2.75) is 26.3 Å². The molecule has 0 amide bonds. The number of halogens is 1. The van der Waals surface area contributed by atoms with E-state index in [4.69, 9.17) is 9.84 Å². The maximum Gasteiger partial charge on any atom is 0.165 e. The van der Waals surface area contributed by atoms with Crippen LogP contribution in [0.25, 0.3) is 0 Å². The zero-order chi connectivity index (χ0) is 13.4. The van der Waals surface area contributed by atoms with Gasteiger partial charge in [-0.25, -0.2) is 4.39 Å². The Morgan fingerprint density at radius 2 is 2.22 bits per heavy atom. The van der Waals surface area contributed by atoms with Crippen LogP contribution >= 0.6 is 0 Å². The third-order valence-corrected chi connectivity index (χ3v) is 2.91. The summed E-state index contributed by atoms with van der Waals surface area (Å²) in [5, 5.41) is 12.1. The van der Waals surface area contributed by atoms with Crippen LogP contribution < -0.4 is 10.1 Å². The molecule has 0 radical (unpaired) electrons. The van der Waals surface area contributed by atoms with Gasteiger partial charge in [0.2, 0.25) is 0 Å². The molecule has 0 saturated heterocycles. The van der Waals surface area contributed by atoms with E-state index in [-0.39, 0.29) is 18.2 Å². The first-order valence-electron chi connectivity index (χ1n) is 6.31. The van der Waals surface area contributed by atoms with Crippen LogP contribution in [0.5, 0.6) is 5.75 Å². The van der Waals surface area contributed by atoms with Gasteiger partial charge in [-0.1, -0.05) is 13.0 Å². The van der Waals surface area contributed by atoms with Crippen LogP contribution in [0.3, 0.4) is 0 Å². The van der Waals surface area contributed by atoms with Crippen LogP contribution in [-0.4, -0.2) is 25.4 Å². The minimum Gasteiger partial charge on any atom is -0.494 e. The molecular weight excluding hydrogens is 233 g/mol. The molecule has 0 bridgehead atoms. The molecule has 1 unspecified atom stereocenters. The van der Waals surface area contributed by atoms with Crippen LogP contribution in [0.2, 0.25) is 0 Å². The predicted octanol–water partition coefficient (Wildman–Crippen LogP) is 2.33. The molecule has 1 aromatic rings. The molecule has 0 aliphatic heterocycles. The Labute approximate surface area is 108 Å². The Balaban J connectivity index is 2.25. The molecule has 0 spiro atoms. The summed E-state index contributed by atoms with van der Waals surface area (Å²) in [5.74, 6) is 0.298. The van der Waals surface area contributed by atoms with Crippen molar-refractivity contribution in [1.29, 1.82) is 0 Å². The maximum atomic E-state index is 13.4. The fraction of sp³-hybridized carbons (Fsp3) is 0.571. The Hall–Kier alpha value is -1.13. The normalized spacial score (nSPS) is 12.4. The Morgan fingerprint density at radius 3 is 2.83 bits per heavy atom. The van der Waals surface area contributed by atoms with Crippen LogP contribution in [0, 0.1) is 11.7 Å². The largest absolute Gasteiger partial charge is 0.494 e. The van der Waals surface area contributed by atoms with Gasteiger partial charge in [-0.3, -0.25) is 0 Å². The van der Waals surface area contributed by atoms with Crippen LogP contribution in [-0.2, 0) is 6.54 Å². The first-order valence-corrected chi connectivity index (χ1v) is 6.31. The Morgan fingerprint density at radius 1 is 1.44 bits per heavy atom. The van der Waals surface area contributed by atoms with Crippen molar-refractivity contribution in [3.63, 3.8) is 0 Å². The summed E-state index contributed by atoms with van der Waals surface area (Å²) < 4.78 is 18.3. The highest BCUT2D eigenvalue weighted by molar-refractivity contribution is 5.29. The van der Waals surface area contributed by atoms with Crippen LogP contribution in [0.1, 0.15) is 25.3 Å². The molecule has 1 rings (SSSR count). The van der Waals surface area contributed by atoms with Crippen molar-refractivity contribution >= 4 is 0 Å². The fourth-order valence-corrected chi connectivity index (χ4v) is 1.72. The molecule has 1 atom stereocenters. The highest BCUT2D eigenvalue weighted by Crippen LogP contribution is 2.17. The van der Waals surface area contributed by atoms with Crippen molar-refractivity contribution in [3.05, 3.63) is 29.6 Å². The monoisotopic (exact) mass is 255 g/mol. The second-order valence-electron chi connectivity index (χ2n) is 4.58. The topological polar surface area (TPSA) is 41.5 Å².